The molecule has 3 rings (SSSR count). The molecule has 0 spiro atoms. The predicted molar refractivity (Wildman–Crippen MR) is 121 cm³/mol. The fourth-order valence-corrected chi connectivity index (χ4v) is 7.57. The molecule has 0 saturated carbocycles. The van der Waals surface area contributed by atoms with Crippen LogP contribution in [0, 0.1) is 0 Å². The fraction of sp³-hybridized carbons (Fsp3) is 0.259. The Hall–Kier alpha value is -2.13. The van der Waals surface area contributed by atoms with Crippen LogP contribution in [-0.2, 0) is 35.7 Å². The van der Waals surface area contributed by atoms with E-state index in [0.717, 1.165) is 11.1 Å². The molecule has 0 aliphatic heterocycles. The van der Waals surface area contributed by atoms with Gasteiger partial charge >= 0.3 is 74.8 Å². The zero-order valence-electron chi connectivity index (χ0n) is 18.4. The fourth-order valence-electron chi connectivity index (χ4n) is 2.68. The van der Waals surface area contributed by atoms with Crippen molar-refractivity contribution in [3.05, 3.63) is 107 Å². The zero-order chi connectivity index (χ0) is 22.4. The molecule has 2 aromatic rings. The molecule has 0 saturated heterocycles. The molecule has 1 aliphatic carbocycles. The Morgan fingerprint density at radius 2 is 1.33 bits per heavy atom. The van der Waals surface area contributed by atoms with E-state index in [1.165, 1.54) is 6.42 Å². The summed E-state index contributed by atoms with van der Waals surface area (Å²) >= 11 is -0.460. The van der Waals surface area contributed by atoms with Crippen LogP contribution in [0.5, 0.6) is 11.5 Å². The molecule has 2 aromatic carbocycles. The maximum absolute atomic E-state index is 11.0. The van der Waals surface area contributed by atoms with Crippen LogP contribution in [0.1, 0.15) is 38.3 Å². The normalized spacial score (nSPS) is 11.8. The van der Waals surface area contributed by atoms with Crippen molar-refractivity contribution >= 4 is 0 Å². The van der Waals surface area contributed by atoms with Crippen LogP contribution in [0.15, 0.2) is 95.4 Å². The summed E-state index contributed by atoms with van der Waals surface area (Å²) in [4.78, 5) is 0. The van der Waals surface area contributed by atoms with Gasteiger partial charge in [0.25, 0.3) is 0 Å². The number of rotatable bonds is 5. The van der Waals surface area contributed by atoms with Gasteiger partial charge in [0.05, 0.1) is 0 Å². The molecule has 0 N–H and O–H groups in total. The third-order valence-electron chi connectivity index (χ3n) is 3.98. The van der Waals surface area contributed by atoms with Crippen LogP contribution < -0.4 is 10.2 Å². The van der Waals surface area contributed by atoms with Gasteiger partial charge in [-0.2, -0.15) is 0 Å². The van der Waals surface area contributed by atoms with Crippen molar-refractivity contribution in [2.24, 2.45) is 0 Å². The van der Waals surface area contributed by atoms with E-state index in [-0.39, 0.29) is 11.5 Å². The summed E-state index contributed by atoms with van der Waals surface area (Å²) in [5, 5.41) is 21.9. The van der Waals surface area contributed by atoms with Gasteiger partial charge in [-0.1, -0.05) is 71.8 Å². The third kappa shape index (κ3) is 11.2. The zero-order valence-corrected chi connectivity index (χ0v) is 22.0. The van der Waals surface area contributed by atoms with Gasteiger partial charge in [-0.05, 0) is 12.8 Å². The van der Waals surface area contributed by atoms with Gasteiger partial charge in [-0.25, -0.2) is 0 Å². The first-order chi connectivity index (χ1) is 14.3. The Bertz CT molecular complexity index is 806. The Morgan fingerprint density at radius 1 is 0.867 bits per heavy atom. The van der Waals surface area contributed by atoms with Crippen LogP contribution in [0.2, 0.25) is 3.17 Å². The molecule has 0 radical (unpaired) electrons. The third-order valence-corrected chi connectivity index (χ3v) is 9.16. The number of allylic oxidation sites excluding steroid dienone is 6. The van der Waals surface area contributed by atoms with Crippen molar-refractivity contribution in [3.63, 3.8) is 0 Å². The summed E-state index contributed by atoms with van der Waals surface area (Å²) < 4.78 is 2.42. The van der Waals surface area contributed by atoms with Crippen LogP contribution in [0.3, 0.4) is 0 Å². The summed E-state index contributed by atoms with van der Waals surface area (Å²) in [6, 6.07) is 14.0. The van der Waals surface area contributed by atoms with E-state index >= 15 is 0 Å². The van der Waals surface area contributed by atoms with Gasteiger partial charge in [0, 0.05) is 0 Å². The van der Waals surface area contributed by atoms with Crippen molar-refractivity contribution in [1.82, 2.24) is 0 Å². The summed E-state index contributed by atoms with van der Waals surface area (Å²) in [5.74, 6) is 0.199. The minimum absolute atomic E-state index is 0.0994. The molecule has 30 heavy (non-hydrogen) atoms. The average molecular weight is 567 g/mol. The Morgan fingerprint density at radius 3 is 1.67 bits per heavy atom. The molecule has 2 nitrogen and oxygen atoms in total. The number of para-hydroxylation sites is 2. The second-order valence-electron chi connectivity index (χ2n) is 7.90. The van der Waals surface area contributed by atoms with Crippen molar-refractivity contribution < 1.29 is 33.1 Å². The minimum atomic E-state index is -0.460. The van der Waals surface area contributed by atoms with Crippen LogP contribution in [-0.4, -0.2) is 0 Å². The molecule has 1 aliphatic rings. The number of benzene rings is 2. The first-order valence-electron chi connectivity index (χ1n) is 10.1. The molecule has 0 bridgehead atoms. The molecular weight excluding hydrogens is 535 g/mol. The number of hydrogen-bond acceptors (Lipinski definition) is 2. The summed E-state index contributed by atoms with van der Waals surface area (Å²) in [7, 11) is 0. The Balaban J connectivity index is 0.000000225. The molecule has 0 amide bonds. The second kappa shape index (κ2) is 14.0. The molecule has 156 valence electrons. The van der Waals surface area contributed by atoms with E-state index < -0.39 is 22.9 Å². The van der Waals surface area contributed by atoms with Gasteiger partial charge < -0.3 is 10.2 Å². The van der Waals surface area contributed by atoms with E-state index in [9.17, 15) is 10.2 Å². The predicted octanol–water partition coefficient (Wildman–Crippen LogP) is 6.11. The van der Waals surface area contributed by atoms with Gasteiger partial charge in [0.2, 0.25) is 0 Å². The standard InChI is InChI=1S/2C9H10O.C5H5.C4H9.Hf/c2*1-2-5-8-6-3-4-7-9(8)10;1-2-4-5-3-1;1-4(2)3;/h2*2-4,6-7,10H,1,5H2;1-3H,4H2;1-3H3;/q;;;;+2/p-2. The first kappa shape index (κ1) is 25.9. The van der Waals surface area contributed by atoms with Crippen LogP contribution >= 0.6 is 0 Å². The molecule has 0 atom stereocenters. The second-order valence-corrected chi connectivity index (χ2v) is 16.5. The summed E-state index contributed by atoms with van der Waals surface area (Å²) in [6.45, 7) is 14.2. The van der Waals surface area contributed by atoms with Crippen molar-refractivity contribution in [2.75, 3.05) is 0 Å². The van der Waals surface area contributed by atoms with Crippen LogP contribution in [0.25, 0.3) is 0 Å². The molecular formula is C27H32HfO2. The molecule has 0 aromatic heterocycles. The Kier molecular flexibility index (Phi) is 12.1. The molecule has 3 heteroatoms. The van der Waals surface area contributed by atoms with Gasteiger partial charge in [-0.15, -0.1) is 24.7 Å². The van der Waals surface area contributed by atoms with E-state index in [0.29, 0.717) is 16.0 Å². The van der Waals surface area contributed by atoms with Gasteiger partial charge in [0.15, 0.2) is 0 Å². The van der Waals surface area contributed by atoms with E-state index in [1.807, 2.05) is 24.3 Å². The van der Waals surface area contributed by atoms with Gasteiger partial charge in [-0.3, -0.25) is 0 Å². The van der Waals surface area contributed by atoms with E-state index in [2.05, 4.69) is 52.2 Å². The van der Waals surface area contributed by atoms with Crippen molar-refractivity contribution in [2.45, 2.75) is 43.2 Å². The topological polar surface area (TPSA) is 46.1 Å². The molecule has 0 fully saturated rings. The maximum atomic E-state index is 11.0. The van der Waals surface area contributed by atoms with E-state index in [4.69, 9.17) is 0 Å². The monoisotopic (exact) mass is 568 g/mol. The summed E-state index contributed by atoms with van der Waals surface area (Å²) in [6.07, 6.45) is 12.9. The number of hydrogen-bond donors (Lipinski definition) is 0. The molecule has 0 unspecified atom stereocenters. The SMILES string of the molecule is C=CCc1ccccc1[O-].C=CCc1ccccc1[O-].C[C](C)(C)[Hf+2][C]1=CC=CC1. The van der Waals surface area contributed by atoms with Gasteiger partial charge in [0.1, 0.15) is 0 Å². The quantitative estimate of drug-likeness (QED) is 0.324. The average Bonchev–Trinajstić information content (AvgIpc) is 3.18. The first-order valence-corrected chi connectivity index (χ1v) is 13.7. The van der Waals surface area contributed by atoms with Crippen molar-refractivity contribution in [3.8, 4) is 11.5 Å². The summed E-state index contributed by atoms with van der Waals surface area (Å²) in [5.41, 5.74) is 1.63. The Labute approximate surface area is 193 Å². The molecule has 0 heterocycles. The van der Waals surface area contributed by atoms with Crippen molar-refractivity contribution in [1.29, 1.82) is 0 Å². The van der Waals surface area contributed by atoms with E-state index in [1.54, 1.807) is 39.7 Å². The van der Waals surface area contributed by atoms with Crippen LogP contribution in [0.4, 0.5) is 0 Å².